The number of rotatable bonds is 6. The average Bonchev–Trinajstić information content (AvgIpc) is 4.02. The Morgan fingerprint density at radius 3 is 1.68 bits per heavy atom. The van der Waals surface area contributed by atoms with Gasteiger partial charge in [-0.25, -0.2) is 32.9 Å². The Balaban J connectivity index is 0.000000176. The van der Waals surface area contributed by atoms with E-state index in [2.05, 4.69) is 40.2 Å². The van der Waals surface area contributed by atoms with Gasteiger partial charge >= 0.3 is 7.12 Å². The van der Waals surface area contributed by atoms with E-state index in [1.807, 2.05) is 70.6 Å². The fraction of sp³-hybridized carbons (Fsp3) is 0.222. The number of carbonyl (C=O) groups excluding carboxylic acids is 1. The molecule has 1 aliphatic rings. The van der Waals surface area contributed by atoms with Crippen molar-refractivity contribution in [2.45, 2.75) is 67.6 Å². The van der Waals surface area contributed by atoms with Crippen molar-refractivity contribution in [1.82, 2.24) is 53.8 Å². The molecule has 0 bridgehead atoms. The first-order chi connectivity index (χ1) is 28.5. The Labute approximate surface area is 360 Å². The lowest BCUT2D eigenvalue weighted by Crippen LogP contribution is -2.41. The molecule has 9 heterocycles. The van der Waals surface area contributed by atoms with E-state index in [4.69, 9.17) is 15.0 Å². The van der Waals surface area contributed by atoms with Gasteiger partial charge in [0.2, 0.25) is 0 Å². The molecule has 17 heteroatoms. The van der Waals surface area contributed by atoms with Gasteiger partial charge in [-0.2, -0.15) is 15.3 Å². The maximum atomic E-state index is 13.0. The zero-order valence-corrected chi connectivity index (χ0v) is 32.6. The molecule has 0 unspecified atom stereocenters. The summed E-state index contributed by atoms with van der Waals surface area (Å²) in [6.45, 7) is 8.14. The number of ketones is 1. The Bertz CT molecular complexity index is 2900. The molecule has 8 aromatic heterocycles. The summed E-state index contributed by atoms with van der Waals surface area (Å²) in [5.41, 5.74) is 13.3. The minimum atomic E-state index is -0.414. The highest BCUT2D eigenvalue weighted by Crippen LogP contribution is 2.36. The van der Waals surface area contributed by atoms with Crippen molar-refractivity contribution in [2.75, 3.05) is 5.73 Å². The highest BCUT2D eigenvalue weighted by atomic mass is 19.1. The topological polar surface area (TPSA) is 178 Å². The molecule has 1 aliphatic heterocycles. The van der Waals surface area contributed by atoms with Crippen LogP contribution in [0.1, 0.15) is 65.9 Å². The number of benzene rings is 1. The van der Waals surface area contributed by atoms with Crippen LogP contribution in [0.25, 0.3) is 39.5 Å². The molecule has 318 valence electrons. The van der Waals surface area contributed by atoms with E-state index in [9.17, 15) is 9.18 Å². The van der Waals surface area contributed by atoms with Gasteiger partial charge < -0.3 is 15.0 Å². The van der Waals surface area contributed by atoms with Crippen molar-refractivity contribution >= 4 is 41.0 Å². The number of nitrogens with zero attached hydrogens (tertiary/aromatic N) is 11. The third-order valence-corrected chi connectivity index (χ3v) is 10.1. The molecule has 1 saturated heterocycles. The van der Waals surface area contributed by atoms with Gasteiger partial charge in [0.05, 0.1) is 52.3 Å². The van der Waals surface area contributed by atoms with Gasteiger partial charge in [-0.3, -0.25) is 14.8 Å². The fourth-order valence-electron chi connectivity index (χ4n) is 6.25. The van der Waals surface area contributed by atoms with Crippen LogP contribution in [-0.2, 0) is 15.7 Å². The summed E-state index contributed by atoms with van der Waals surface area (Å²) in [5, 5.41) is 12.7. The molecule has 0 radical (unpaired) electrons. The predicted molar refractivity (Wildman–Crippen MR) is 240 cm³/mol. The molecule has 0 atom stereocenters. The highest BCUT2D eigenvalue weighted by Gasteiger charge is 2.52. The van der Waals surface area contributed by atoms with Gasteiger partial charge in [0.25, 0.3) is 0 Å². The van der Waals surface area contributed by atoms with Gasteiger partial charge in [0, 0.05) is 72.7 Å². The SMILES string of the molecule is C.C.C.CC1(C)OB(c2cnn3cccnc23)OC1(C)C.Nc1ccnc(-c2cnn3cccnc23)c1.O=C(Cc1ccnc(-c2cnn3cccnc23)c1)c1ccc(F)cc1. The Kier molecular flexibility index (Phi) is 14.0. The molecule has 1 fully saturated rings. The van der Waals surface area contributed by atoms with Gasteiger partial charge in [-0.15, -0.1) is 0 Å². The van der Waals surface area contributed by atoms with Crippen molar-refractivity contribution in [3.05, 3.63) is 152 Å². The fourth-order valence-corrected chi connectivity index (χ4v) is 6.25. The molecule has 0 amide bonds. The molecule has 9 aromatic rings. The second kappa shape index (κ2) is 19.0. The lowest BCUT2D eigenvalue weighted by Gasteiger charge is -2.32. The number of hydrogen-bond acceptors (Lipinski definition) is 12. The molecule has 1 aromatic carbocycles. The van der Waals surface area contributed by atoms with E-state index in [-0.39, 0.29) is 51.5 Å². The average molecular weight is 837 g/mol. The molecule has 62 heavy (non-hydrogen) atoms. The van der Waals surface area contributed by atoms with Gasteiger partial charge in [-0.05, 0) is 100.0 Å². The first kappa shape index (κ1) is 45.8. The monoisotopic (exact) mass is 836 g/mol. The van der Waals surface area contributed by atoms with Crippen LogP contribution in [0.4, 0.5) is 10.1 Å². The number of anilines is 1. The highest BCUT2D eigenvalue weighted by molar-refractivity contribution is 6.64. The summed E-state index contributed by atoms with van der Waals surface area (Å²) in [6.07, 6.45) is 19.4. The third-order valence-electron chi connectivity index (χ3n) is 10.1. The van der Waals surface area contributed by atoms with Crippen LogP contribution >= 0.6 is 0 Å². The quantitative estimate of drug-likeness (QED) is 0.128. The molecule has 2 N–H and O–H groups in total. The molecule has 0 aliphatic carbocycles. The summed E-state index contributed by atoms with van der Waals surface area (Å²) >= 11 is 0. The molecule has 0 spiro atoms. The second-order valence-corrected chi connectivity index (χ2v) is 14.6. The van der Waals surface area contributed by atoms with Crippen LogP contribution in [0.5, 0.6) is 0 Å². The van der Waals surface area contributed by atoms with Crippen molar-refractivity contribution in [2.24, 2.45) is 0 Å². The van der Waals surface area contributed by atoms with Crippen LogP contribution in [-0.4, -0.2) is 77.9 Å². The molecular formula is C45H50BFN12O3. The van der Waals surface area contributed by atoms with Crippen molar-refractivity contribution in [3.8, 4) is 22.5 Å². The van der Waals surface area contributed by atoms with E-state index < -0.39 is 7.12 Å². The summed E-state index contributed by atoms with van der Waals surface area (Å²) < 4.78 is 30.1. The van der Waals surface area contributed by atoms with Crippen LogP contribution in [0.3, 0.4) is 0 Å². The Morgan fingerprint density at radius 1 is 0.645 bits per heavy atom. The largest absolute Gasteiger partial charge is 0.500 e. The third kappa shape index (κ3) is 9.54. The standard InChI is InChI=1S/C19H13FN4O.C12H16BN3O2.C11H9N5.3CH4/c20-15-4-2-14(3-5-15)18(25)11-13-6-8-21-17(10-13)16-12-23-24-9-1-7-22-19(16)24;1-11(2)12(3,4)18-13(17-11)9-8-15-16-7-5-6-14-10(9)16;12-8-2-4-13-10(6-8)9-7-15-16-5-1-3-14-11(9)16;;;/h1-10,12H,11H2;5-8H,1-4H3;1-7H,(H2,12,13);3*1H4. The predicted octanol–water partition coefficient (Wildman–Crippen LogP) is 7.67. The van der Waals surface area contributed by atoms with Crippen molar-refractivity contribution in [3.63, 3.8) is 0 Å². The Morgan fingerprint density at radius 2 is 1.13 bits per heavy atom. The minimum absolute atomic E-state index is 0. The smallest absolute Gasteiger partial charge is 0.399 e. The number of pyridine rings is 2. The number of fused-ring (bicyclic) bond motifs is 3. The zero-order chi connectivity index (χ0) is 41.1. The molecule has 0 saturated carbocycles. The first-order valence-electron chi connectivity index (χ1n) is 18.6. The maximum absolute atomic E-state index is 13.0. The number of hydrogen-bond donors (Lipinski definition) is 1. The van der Waals surface area contributed by atoms with E-state index in [1.165, 1.54) is 24.3 Å². The molecule has 10 rings (SSSR count). The minimum Gasteiger partial charge on any atom is -0.399 e. The van der Waals surface area contributed by atoms with Crippen LogP contribution in [0.15, 0.2) is 135 Å². The number of nitrogens with two attached hydrogens (primary N) is 1. The Hall–Kier alpha value is -7.24. The number of aromatic nitrogens is 11. The lowest BCUT2D eigenvalue weighted by atomic mass is 9.81. The normalized spacial score (nSPS) is 13.5. The number of carbonyl (C=O) groups is 1. The molecule has 15 nitrogen and oxygen atoms in total. The summed E-state index contributed by atoms with van der Waals surface area (Å²) in [7, 11) is -0.414. The van der Waals surface area contributed by atoms with Crippen LogP contribution < -0.4 is 11.2 Å². The van der Waals surface area contributed by atoms with Gasteiger partial charge in [-0.1, -0.05) is 22.3 Å². The van der Waals surface area contributed by atoms with E-state index in [0.717, 1.165) is 39.1 Å². The number of nitrogen functional groups attached to an aromatic ring is 1. The maximum Gasteiger partial charge on any atom is 0.500 e. The summed E-state index contributed by atoms with van der Waals surface area (Å²) in [6, 6.07) is 18.3. The van der Waals surface area contributed by atoms with Crippen molar-refractivity contribution in [1.29, 1.82) is 0 Å². The number of Topliss-reactive ketones (excluding diaryl/α,β-unsaturated/α-hetero) is 1. The first-order valence-corrected chi connectivity index (χ1v) is 18.6. The lowest BCUT2D eigenvalue weighted by molar-refractivity contribution is 0.00578. The van der Waals surface area contributed by atoms with E-state index >= 15 is 0 Å². The number of halogens is 1. The second-order valence-electron chi connectivity index (χ2n) is 14.6. The molecular weight excluding hydrogens is 786 g/mol. The van der Waals surface area contributed by atoms with Gasteiger partial charge in [0.1, 0.15) is 5.82 Å². The van der Waals surface area contributed by atoms with Crippen molar-refractivity contribution < 1.29 is 18.5 Å². The zero-order valence-electron chi connectivity index (χ0n) is 32.6. The van der Waals surface area contributed by atoms with Gasteiger partial charge in [0.15, 0.2) is 22.7 Å². The van der Waals surface area contributed by atoms with E-state index in [0.29, 0.717) is 22.6 Å². The van der Waals surface area contributed by atoms with Crippen LogP contribution in [0, 0.1) is 5.82 Å². The van der Waals surface area contributed by atoms with Crippen LogP contribution in [0.2, 0.25) is 0 Å². The van der Waals surface area contributed by atoms with E-state index in [1.54, 1.807) is 81.3 Å². The summed E-state index contributed by atoms with van der Waals surface area (Å²) in [4.78, 5) is 33.9. The summed E-state index contributed by atoms with van der Waals surface area (Å²) in [5.74, 6) is -0.432.